The fraction of sp³-hybridized carbons (Fsp3) is 0.263. The van der Waals surface area contributed by atoms with Gasteiger partial charge in [-0.05, 0) is 29.8 Å². The number of rotatable bonds is 4. The van der Waals surface area contributed by atoms with Crippen molar-refractivity contribution in [1.82, 2.24) is 30.0 Å². The van der Waals surface area contributed by atoms with Gasteiger partial charge in [0.05, 0.1) is 30.6 Å². The van der Waals surface area contributed by atoms with Gasteiger partial charge in [0.2, 0.25) is 11.7 Å². The number of hydrogen-bond donors (Lipinski definition) is 1. The molecule has 1 aromatic carbocycles. The molecule has 1 fully saturated rings. The monoisotopic (exact) mass is 362 g/mol. The van der Waals surface area contributed by atoms with E-state index in [0.29, 0.717) is 24.9 Å². The minimum atomic E-state index is -0.139. The molecule has 4 aromatic rings. The average molecular weight is 362 g/mol. The Kier molecular flexibility index (Phi) is 4.11. The van der Waals surface area contributed by atoms with E-state index >= 15 is 0 Å². The lowest BCUT2D eigenvalue weighted by Gasteiger charge is -2.32. The molecule has 27 heavy (non-hydrogen) atoms. The van der Waals surface area contributed by atoms with E-state index in [-0.39, 0.29) is 6.04 Å². The summed E-state index contributed by atoms with van der Waals surface area (Å²) in [5.74, 6) is 1.12. The summed E-state index contributed by atoms with van der Waals surface area (Å²) in [6.45, 7) is 2.98. The molecule has 5 rings (SSSR count). The summed E-state index contributed by atoms with van der Waals surface area (Å²) in [7, 11) is 0. The molecular formula is C19H18N6O2. The number of aromatic amines is 1. The van der Waals surface area contributed by atoms with E-state index in [0.717, 1.165) is 35.2 Å². The van der Waals surface area contributed by atoms with Crippen LogP contribution in [0.4, 0.5) is 0 Å². The summed E-state index contributed by atoms with van der Waals surface area (Å²) in [6, 6.07) is 9.69. The Bertz CT molecular complexity index is 1040. The predicted octanol–water partition coefficient (Wildman–Crippen LogP) is 2.43. The summed E-state index contributed by atoms with van der Waals surface area (Å²) in [5, 5.41) is 4.22. The number of hydrogen-bond acceptors (Lipinski definition) is 7. The Morgan fingerprint density at radius 2 is 2.07 bits per heavy atom. The van der Waals surface area contributed by atoms with Crippen molar-refractivity contribution in [2.75, 3.05) is 26.3 Å². The average Bonchev–Trinajstić information content (AvgIpc) is 3.39. The van der Waals surface area contributed by atoms with E-state index < -0.39 is 0 Å². The van der Waals surface area contributed by atoms with Crippen molar-refractivity contribution in [1.29, 1.82) is 0 Å². The number of H-pyrrole nitrogens is 1. The third kappa shape index (κ3) is 3.09. The Balaban J connectivity index is 1.52. The largest absolute Gasteiger partial charge is 0.379 e. The molecule has 0 radical (unpaired) electrons. The molecule has 0 unspecified atom stereocenters. The SMILES string of the molecule is c1cncc([C@H](c2nc(-c3ccc4nc[nH]c4c3)no2)N2CCOCC2)c1. The maximum Gasteiger partial charge on any atom is 0.248 e. The maximum atomic E-state index is 5.69. The van der Waals surface area contributed by atoms with Crippen molar-refractivity contribution in [2.45, 2.75) is 6.04 Å². The maximum absolute atomic E-state index is 5.69. The molecule has 0 spiro atoms. The number of ether oxygens (including phenoxy) is 1. The van der Waals surface area contributed by atoms with Crippen molar-refractivity contribution in [3.63, 3.8) is 0 Å². The number of aromatic nitrogens is 5. The van der Waals surface area contributed by atoms with Crippen molar-refractivity contribution < 1.29 is 9.26 Å². The molecule has 136 valence electrons. The fourth-order valence-corrected chi connectivity index (χ4v) is 3.42. The van der Waals surface area contributed by atoms with E-state index in [1.54, 1.807) is 12.5 Å². The number of benzene rings is 1. The second kappa shape index (κ2) is 6.90. The smallest absolute Gasteiger partial charge is 0.248 e. The molecule has 0 amide bonds. The summed E-state index contributed by atoms with van der Waals surface area (Å²) >= 11 is 0. The zero-order valence-electron chi connectivity index (χ0n) is 14.6. The Morgan fingerprint density at radius 1 is 1.15 bits per heavy atom. The predicted molar refractivity (Wildman–Crippen MR) is 97.9 cm³/mol. The number of imidazole rings is 1. The molecule has 1 N–H and O–H groups in total. The normalized spacial score (nSPS) is 16.6. The van der Waals surface area contributed by atoms with Gasteiger partial charge in [0, 0.05) is 31.0 Å². The highest BCUT2D eigenvalue weighted by molar-refractivity contribution is 5.79. The van der Waals surface area contributed by atoms with Crippen LogP contribution in [0.1, 0.15) is 17.5 Å². The van der Waals surface area contributed by atoms with Gasteiger partial charge in [-0.25, -0.2) is 4.98 Å². The quantitative estimate of drug-likeness (QED) is 0.596. The van der Waals surface area contributed by atoms with Gasteiger partial charge < -0.3 is 14.2 Å². The van der Waals surface area contributed by atoms with Crippen LogP contribution in [0.5, 0.6) is 0 Å². The van der Waals surface area contributed by atoms with Crippen LogP contribution in [0.15, 0.2) is 53.6 Å². The zero-order chi connectivity index (χ0) is 18.1. The molecule has 4 heterocycles. The molecule has 3 aromatic heterocycles. The van der Waals surface area contributed by atoms with Crippen molar-refractivity contribution in [2.24, 2.45) is 0 Å². The van der Waals surface area contributed by atoms with E-state index in [1.165, 1.54) is 0 Å². The van der Waals surface area contributed by atoms with Crippen LogP contribution in [0.3, 0.4) is 0 Å². The molecule has 1 aliphatic heterocycles. The van der Waals surface area contributed by atoms with Gasteiger partial charge >= 0.3 is 0 Å². The second-order valence-electron chi connectivity index (χ2n) is 6.43. The summed E-state index contributed by atoms with van der Waals surface area (Å²) in [4.78, 5) is 18.6. The molecule has 1 atom stereocenters. The lowest BCUT2D eigenvalue weighted by Crippen LogP contribution is -2.39. The van der Waals surface area contributed by atoms with Gasteiger partial charge in [0.25, 0.3) is 0 Å². The van der Waals surface area contributed by atoms with Gasteiger partial charge in [-0.3, -0.25) is 9.88 Å². The van der Waals surface area contributed by atoms with Crippen molar-refractivity contribution in [3.05, 3.63) is 60.5 Å². The van der Waals surface area contributed by atoms with E-state index in [1.807, 2.05) is 36.5 Å². The van der Waals surface area contributed by atoms with Crippen LogP contribution in [-0.4, -0.2) is 56.3 Å². The minimum Gasteiger partial charge on any atom is -0.379 e. The van der Waals surface area contributed by atoms with Crippen LogP contribution in [0, 0.1) is 0 Å². The van der Waals surface area contributed by atoms with Crippen LogP contribution in [-0.2, 0) is 4.74 Å². The third-order valence-electron chi connectivity index (χ3n) is 4.77. The van der Waals surface area contributed by atoms with E-state index in [2.05, 4.69) is 25.0 Å². The molecule has 0 aliphatic carbocycles. The van der Waals surface area contributed by atoms with Gasteiger partial charge in [-0.15, -0.1) is 0 Å². The summed E-state index contributed by atoms with van der Waals surface area (Å²) in [5.41, 5.74) is 3.76. The molecule has 8 nitrogen and oxygen atoms in total. The van der Waals surface area contributed by atoms with Gasteiger partial charge in [0.15, 0.2) is 0 Å². The van der Waals surface area contributed by atoms with Gasteiger partial charge in [-0.1, -0.05) is 11.2 Å². The highest BCUT2D eigenvalue weighted by Crippen LogP contribution is 2.29. The number of fused-ring (bicyclic) bond motifs is 1. The fourth-order valence-electron chi connectivity index (χ4n) is 3.42. The molecule has 8 heteroatoms. The van der Waals surface area contributed by atoms with Crippen LogP contribution >= 0.6 is 0 Å². The molecule has 1 aliphatic rings. The van der Waals surface area contributed by atoms with Gasteiger partial charge in [-0.2, -0.15) is 4.98 Å². The highest BCUT2D eigenvalue weighted by Gasteiger charge is 2.29. The highest BCUT2D eigenvalue weighted by atomic mass is 16.5. The first-order chi connectivity index (χ1) is 13.4. The van der Waals surface area contributed by atoms with Crippen molar-refractivity contribution >= 4 is 11.0 Å². The number of pyridine rings is 1. The first-order valence-corrected chi connectivity index (χ1v) is 8.87. The third-order valence-corrected chi connectivity index (χ3v) is 4.77. The lowest BCUT2D eigenvalue weighted by atomic mass is 10.1. The Hall–Kier alpha value is -3.10. The van der Waals surface area contributed by atoms with Gasteiger partial charge in [0.1, 0.15) is 6.04 Å². The Morgan fingerprint density at radius 3 is 2.93 bits per heavy atom. The number of nitrogens with one attached hydrogen (secondary N) is 1. The number of nitrogens with zero attached hydrogens (tertiary/aromatic N) is 5. The van der Waals surface area contributed by atoms with Crippen molar-refractivity contribution in [3.8, 4) is 11.4 Å². The molecule has 0 saturated carbocycles. The molecule has 0 bridgehead atoms. The molecule has 1 saturated heterocycles. The summed E-state index contributed by atoms with van der Waals surface area (Å²) < 4.78 is 11.2. The topological polar surface area (TPSA) is 93.0 Å². The first-order valence-electron chi connectivity index (χ1n) is 8.87. The van der Waals surface area contributed by atoms with E-state index in [4.69, 9.17) is 14.2 Å². The first kappa shape index (κ1) is 16.1. The number of morpholine rings is 1. The van der Waals surface area contributed by atoms with Crippen LogP contribution in [0.2, 0.25) is 0 Å². The Labute approximate surface area is 155 Å². The molecular weight excluding hydrogens is 344 g/mol. The standard InChI is InChI=1S/C19H18N6O2/c1-2-14(11-20-5-1)17(25-6-8-26-9-7-25)19-23-18(24-27-19)13-3-4-15-16(10-13)22-12-21-15/h1-5,10-12,17H,6-9H2,(H,21,22)/t17-/m1/s1. The van der Waals surface area contributed by atoms with Crippen LogP contribution in [0.25, 0.3) is 22.4 Å². The van der Waals surface area contributed by atoms with Crippen LogP contribution < -0.4 is 0 Å². The zero-order valence-corrected chi connectivity index (χ0v) is 14.6. The minimum absolute atomic E-state index is 0.139. The van der Waals surface area contributed by atoms with E-state index in [9.17, 15) is 0 Å². The second-order valence-corrected chi connectivity index (χ2v) is 6.43. The summed E-state index contributed by atoms with van der Waals surface area (Å²) in [6.07, 6.45) is 5.28. The lowest BCUT2D eigenvalue weighted by molar-refractivity contribution is 0.0180.